The van der Waals surface area contributed by atoms with Crippen LogP contribution in [0.1, 0.15) is 46.0 Å². The van der Waals surface area contributed by atoms with E-state index in [1.165, 1.54) is 0 Å². The molecule has 5 nitrogen and oxygen atoms in total. The number of aliphatic hydroxyl groups is 2. The zero-order valence-electron chi connectivity index (χ0n) is 10.8. The zero-order chi connectivity index (χ0) is 13.6. The van der Waals surface area contributed by atoms with Crippen LogP contribution in [0, 0.1) is 5.41 Å². The maximum Gasteiger partial charge on any atom is 0.373 e. The molecule has 5 atom stereocenters. The van der Waals surface area contributed by atoms with E-state index in [4.69, 9.17) is 14.3 Å². The van der Waals surface area contributed by atoms with Gasteiger partial charge < -0.3 is 14.9 Å². The first-order valence-electron chi connectivity index (χ1n) is 6.47. The second-order valence-corrected chi connectivity index (χ2v) is 6.03. The molecule has 0 aromatic rings. The number of rotatable bonds is 2. The van der Waals surface area contributed by atoms with Gasteiger partial charge in [0.1, 0.15) is 11.7 Å². The van der Waals surface area contributed by atoms with Crippen LogP contribution >= 0.6 is 0 Å². The number of hydrogen-bond acceptors (Lipinski definition) is 5. The van der Waals surface area contributed by atoms with Crippen molar-refractivity contribution in [2.24, 2.45) is 5.41 Å². The minimum Gasteiger partial charge on any atom is -0.387 e. The summed E-state index contributed by atoms with van der Waals surface area (Å²) in [4.78, 5) is 16.2. The van der Waals surface area contributed by atoms with Crippen LogP contribution in [-0.2, 0) is 14.3 Å². The summed E-state index contributed by atoms with van der Waals surface area (Å²) in [7, 11) is 0. The van der Waals surface area contributed by atoms with Crippen molar-refractivity contribution in [1.82, 2.24) is 0 Å². The van der Waals surface area contributed by atoms with Gasteiger partial charge in [0.25, 0.3) is 0 Å². The summed E-state index contributed by atoms with van der Waals surface area (Å²) in [6.07, 6.45) is 4.34. The summed E-state index contributed by atoms with van der Waals surface area (Å²) in [5.41, 5.74) is -1.49. The van der Waals surface area contributed by atoms with Crippen molar-refractivity contribution in [1.29, 1.82) is 0 Å². The van der Waals surface area contributed by atoms with Gasteiger partial charge in [-0.05, 0) is 26.2 Å². The van der Waals surface area contributed by atoms with Crippen LogP contribution in [0.4, 0.5) is 0 Å². The number of hydrogen-bond donors (Lipinski definition) is 2. The van der Waals surface area contributed by atoms with Gasteiger partial charge in [0, 0.05) is 11.8 Å². The molecule has 0 spiro atoms. The summed E-state index contributed by atoms with van der Waals surface area (Å²) < 4.78 is 5.72. The fourth-order valence-corrected chi connectivity index (χ4v) is 4.25. The van der Waals surface area contributed by atoms with Gasteiger partial charge in [-0.3, -0.25) is 0 Å². The fourth-order valence-electron chi connectivity index (χ4n) is 4.25. The molecule has 0 amide bonds. The van der Waals surface area contributed by atoms with Crippen molar-refractivity contribution in [2.75, 3.05) is 0 Å². The van der Waals surface area contributed by atoms with Crippen LogP contribution in [0.15, 0.2) is 0 Å². The smallest absolute Gasteiger partial charge is 0.373 e. The molecule has 2 N–H and O–H groups in total. The Balaban J connectivity index is 0.000000367. The topological polar surface area (TPSA) is 83.8 Å². The molecule has 1 saturated heterocycles. The lowest BCUT2D eigenvalue weighted by Crippen LogP contribution is -2.42. The van der Waals surface area contributed by atoms with E-state index in [0.717, 1.165) is 25.7 Å². The van der Waals surface area contributed by atoms with Crippen LogP contribution in [0.2, 0.25) is 0 Å². The summed E-state index contributed by atoms with van der Waals surface area (Å²) in [6.45, 7) is 4.11. The molecular weight excluding hydrogens is 236 g/mol. The average molecular weight is 256 g/mol. The Morgan fingerprint density at radius 3 is 2.44 bits per heavy atom. The van der Waals surface area contributed by atoms with Gasteiger partial charge in [0.2, 0.25) is 0 Å². The average Bonchev–Trinajstić information content (AvgIpc) is 2.57. The van der Waals surface area contributed by atoms with Crippen LogP contribution in [-0.4, -0.2) is 39.8 Å². The van der Waals surface area contributed by atoms with Crippen molar-refractivity contribution in [3.05, 3.63) is 0 Å². The molecular formula is C13H20O5. The normalized spacial score (nSPS) is 51.8. The zero-order valence-corrected chi connectivity index (χ0v) is 10.8. The molecule has 1 aliphatic heterocycles. The van der Waals surface area contributed by atoms with Crippen molar-refractivity contribution < 1.29 is 24.5 Å². The van der Waals surface area contributed by atoms with E-state index in [2.05, 4.69) is 6.92 Å². The van der Waals surface area contributed by atoms with Gasteiger partial charge in [-0.25, -0.2) is 0 Å². The first-order valence-corrected chi connectivity index (χ1v) is 6.47. The summed E-state index contributed by atoms with van der Waals surface area (Å²) in [5, 5.41) is 21.0. The molecule has 3 fully saturated rings. The lowest BCUT2D eigenvalue weighted by Gasteiger charge is -2.25. The van der Waals surface area contributed by atoms with E-state index in [-0.39, 0.29) is 23.8 Å². The Morgan fingerprint density at radius 1 is 1.33 bits per heavy atom. The third-order valence-corrected chi connectivity index (χ3v) is 4.71. The summed E-state index contributed by atoms with van der Waals surface area (Å²) >= 11 is 0. The molecule has 2 saturated carbocycles. The summed E-state index contributed by atoms with van der Waals surface area (Å²) in [5.74, 6) is 0. The molecule has 0 aromatic heterocycles. The Bertz CT molecular complexity index is 378. The highest BCUT2D eigenvalue weighted by Gasteiger charge is 2.82. The van der Waals surface area contributed by atoms with E-state index >= 15 is 0 Å². The van der Waals surface area contributed by atoms with Crippen LogP contribution in [0.3, 0.4) is 0 Å². The Hall–Kier alpha value is -0.740. The Labute approximate surface area is 106 Å². The van der Waals surface area contributed by atoms with E-state index in [9.17, 15) is 10.2 Å². The minimum absolute atomic E-state index is 0.0265. The summed E-state index contributed by atoms with van der Waals surface area (Å²) in [6, 6.07) is 0. The Kier molecular flexibility index (Phi) is 3.14. The predicted octanol–water partition coefficient (Wildman–Crippen LogP) is 0.636. The highest BCUT2D eigenvalue weighted by atomic mass is 16.5. The van der Waals surface area contributed by atoms with Gasteiger partial charge in [-0.1, -0.05) is 13.3 Å². The van der Waals surface area contributed by atoms with Gasteiger partial charge >= 0.3 is 6.15 Å². The molecule has 1 heterocycles. The SMILES string of the molecule is CCC[C@]12C[C@]3(O)C[C@H](C)O[C@@H]3[C@@]1(O)C2.O=C=O. The van der Waals surface area contributed by atoms with Crippen molar-refractivity contribution >= 4 is 6.15 Å². The van der Waals surface area contributed by atoms with E-state index in [1.54, 1.807) is 0 Å². The molecule has 3 aliphatic rings. The molecule has 18 heavy (non-hydrogen) atoms. The van der Waals surface area contributed by atoms with Crippen molar-refractivity contribution in [3.63, 3.8) is 0 Å². The number of fused-ring (bicyclic) bond motifs is 3. The van der Waals surface area contributed by atoms with Crippen molar-refractivity contribution in [2.45, 2.75) is 69.4 Å². The first kappa shape index (κ1) is 13.7. The van der Waals surface area contributed by atoms with Crippen LogP contribution in [0.25, 0.3) is 0 Å². The molecule has 102 valence electrons. The second-order valence-electron chi connectivity index (χ2n) is 6.03. The molecule has 0 bridgehead atoms. The van der Waals surface area contributed by atoms with E-state index < -0.39 is 11.2 Å². The first-order chi connectivity index (χ1) is 8.37. The molecule has 0 radical (unpaired) electrons. The Morgan fingerprint density at radius 2 is 1.94 bits per heavy atom. The third kappa shape index (κ3) is 1.66. The van der Waals surface area contributed by atoms with Crippen molar-refractivity contribution in [3.8, 4) is 0 Å². The minimum atomic E-state index is -0.748. The molecule has 0 unspecified atom stereocenters. The molecule has 5 heteroatoms. The number of carbonyl (C=O) groups excluding carboxylic acids is 2. The predicted molar refractivity (Wildman–Crippen MR) is 60.4 cm³/mol. The largest absolute Gasteiger partial charge is 0.387 e. The molecule has 3 rings (SSSR count). The van der Waals surface area contributed by atoms with Gasteiger partial charge in [-0.15, -0.1) is 0 Å². The van der Waals surface area contributed by atoms with Crippen LogP contribution < -0.4 is 0 Å². The monoisotopic (exact) mass is 256 g/mol. The maximum absolute atomic E-state index is 10.5. The van der Waals surface area contributed by atoms with Gasteiger partial charge in [-0.2, -0.15) is 9.59 Å². The number of ether oxygens (including phenoxy) is 1. The lowest BCUT2D eigenvalue weighted by molar-refractivity contribution is -0.191. The highest BCUT2D eigenvalue weighted by Crippen LogP contribution is 2.74. The van der Waals surface area contributed by atoms with E-state index in [1.807, 2.05) is 6.92 Å². The molecule has 2 aliphatic carbocycles. The van der Waals surface area contributed by atoms with Gasteiger partial charge in [0.05, 0.1) is 11.7 Å². The maximum atomic E-state index is 10.5. The highest BCUT2D eigenvalue weighted by molar-refractivity contribution is 5.32. The third-order valence-electron chi connectivity index (χ3n) is 4.71. The molecule has 0 aromatic carbocycles. The van der Waals surface area contributed by atoms with Crippen LogP contribution in [0.5, 0.6) is 0 Å². The quantitative estimate of drug-likeness (QED) is 0.757. The lowest BCUT2D eigenvalue weighted by atomic mass is 9.87. The van der Waals surface area contributed by atoms with Gasteiger partial charge in [0.15, 0.2) is 0 Å². The van der Waals surface area contributed by atoms with E-state index in [0.29, 0.717) is 6.42 Å². The second kappa shape index (κ2) is 4.14. The fraction of sp³-hybridized carbons (Fsp3) is 0.923. The standard InChI is InChI=1S/C12H20O3.CO2/c1-3-4-10-6-11(13)5-8(2)15-9(11)12(10,14)7-10;2-1-3/h8-9,13-14H,3-7H2,1-2H3;/t8-,9-,10+,11+,12-;/m0./s1.